The van der Waals surface area contributed by atoms with Crippen LogP contribution in [0.4, 0.5) is 0 Å². The Kier molecular flexibility index (Phi) is 2.12. The molecule has 0 saturated carbocycles. The van der Waals surface area contributed by atoms with Gasteiger partial charge in [-0.1, -0.05) is 24.8 Å². The lowest BCUT2D eigenvalue weighted by molar-refractivity contribution is 0.659. The van der Waals surface area contributed by atoms with E-state index in [9.17, 15) is 0 Å². The minimum absolute atomic E-state index is 0.886. The van der Waals surface area contributed by atoms with Crippen molar-refractivity contribution < 1.29 is 0 Å². The predicted octanol–water partition coefficient (Wildman–Crippen LogP) is 3.09. The molecule has 0 N–H and O–H groups in total. The zero-order valence-electron chi connectivity index (χ0n) is 8.62. The lowest BCUT2D eigenvalue weighted by atomic mass is 10.1. The van der Waals surface area contributed by atoms with E-state index in [-0.39, 0.29) is 0 Å². The summed E-state index contributed by atoms with van der Waals surface area (Å²) in [5.41, 5.74) is 3.27. The molecule has 0 aliphatic carbocycles. The van der Waals surface area contributed by atoms with Crippen molar-refractivity contribution in [3.8, 4) is 0 Å². The van der Waals surface area contributed by atoms with Crippen LogP contribution in [0.15, 0.2) is 30.8 Å². The van der Waals surface area contributed by atoms with Crippen LogP contribution in [0.25, 0.3) is 16.5 Å². The first-order valence-electron chi connectivity index (χ1n) is 4.85. The summed E-state index contributed by atoms with van der Waals surface area (Å²) in [5, 5.41) is 5.70. The summed E-state index contributed by atoms with van der Waals surface area (Å²) in [6.07, 6.45) is 0. The molecule has 2 rings (SSSR count). The Bertz CT molecular complexity index is 480. The van der Waals surface area contributed by atoms with Crippen molar-refractivity contribution in [2.45, 2.75) is 20.4 Å². The number of aryl methyl sites for hydroxylation is 1. The number of benzene rings is 1. The molecule has 0 atom stereocenters. The van der Waals surface area contributed by atoms with Gasteiger partial charge >= 0.3 is 0 Å². The van der Waals surface area contributed by atoms with E-state index in [2.05, 4.69) is 24.7 Å². The van der Waals surface area contributed by atoms with Crippen LogP contribution in [-0.2, 0) is 6.54 Å². The Labute approximate surface area is 83.9 Å². The second-order valence-corrected chi connectivity index (χ2v) is 3.46. The minimum atomic E-state index is 0.886. The molecule has 72 valence electrons. The van der Waals surface area contributed by atoms with Crippen LogP contribution < -0.4 is 0 Å². The van der Waals surface area contributed by atoms with Gasteiger partial charge in [-0.2, -0.15) is 5.10 Å². The number of rotatable bonds is 2. The second kappa shape index (κ2) is 3.29. The first-order valence-corrected chi connectivity index (χ1v) is 4.85. The lowest BCUT2D eigenvalue weighted by Gasteiger charge is -2.03. The van der Waals surface area contributed by atoms with Crippen LogP contribution >= 0.6 is 0 Å². The van der Waals surface area contributed by atoms with Gasteiger partial charge in [-0.15, -0.1) is 0 Å². The van der Waals surface area contributed by atoms with Gasteiger partial charge in [0.2, 0.25) is 0 Å². The summed E-state index contributed by atoms with van der Waals surface area (Å²) < 4.78 is 2.01. The highest BCUT2D eigenvalue weighted by Crippen LogP contribution is 2.23. The highest BCUT2D eigenvalue weighted by Gasteiger charge is 2.09. The third-order valence-electron chi connectivity index (χ3n) is 2.35. The molecule has 2 nitrogen and oxygen atoms in total. The summed E-state index contributed by atoms with van der Waals surface area (Å²) in [5.74, 6) is 0. The summed E-state index contributed by atoms with van der Waals surface area (Å²) in [6.45, 7) is 9.00. The molecule has 0 fully saturated rings. The summed E-state index contributed by atoms with van der Waals surface area (Å²) in [7, 11) is 0. The van der Waals surface area contributed by atoms with E-state index in [4.69, 9.17) is 0 Å². The summed E-state index contributed by atoms with van der Waals surface area (Å²) in [4.78, 5) is 0. The van der Waals surface area contributed by atoms with Crippen LogP contribution in [0.2, 0.25) is 0 Å². The molecule has 0 spiro atoms. The molecule has 1 aromatic carbocycles. The monoisotopic (exact) mass is 186 g/mol. The molecule has 14 heavy (non-hydrogen) atoms. The summed E-state index contributed by atoms with van der Waals surface area (Å²) in [6, 6.07) is 8.18. The molecule has 1 aromatic heterocycles. The van der Waals surface area contributed by atoms with Crippen molar-refractivity contribution in [1.29, 1.82) is 0 Å². The standard InChI is InChI=1S/C12H14N2/c1-4-14-12(9(2)3)10-7-5-6-8-11(10)13-14/h5-8H,2,4H2,1,3H3. The minimum Gasteiger partial charge on any atom is -0.264 e. The zero-order chi connectivity index (χ0) is 10.1. The number of hydrogen-bond donors (Lipinski definition) is 0. The number of hydrogen-bond acceptors (Lipinski definition) is 1. The maximum absolute atomic E-state index is 4.51. The first kappa shape index (κ1) is 9.00. The van der Waals surface area contributed by atoms with Gasteiger partial charge in [0.1, 0.15) is 0 Å². The Balaban J connectivity index is 2.81. The Morgan fingerprint density at radius 2 is 2.14 bits per heavy atom. The molecule has 1 heterocycles. The van der Waals surface area contributed by atoms with Crippen molar-refractivity contribution >= 4 is 16.5 Å². The lowest BCUT2D eigenvalue weighted by Crippen LogP contribution is -2.00. The van der Waals surface area contributed by atoms with Crippen LogP contribution in [0, 0.1) is 0 Å². The van der Waals surface area contributed by atoms with Gasteiger partial charge in [-0.3, -0.25) is 4.68 Å². The Morgan fingerprint density at radius 1 is 1.43 bits per heavy atom. The average Bonchev–Trinajstić information content (AvgIpc) is 2.55. The second-order valence-electron chi connectivity index (χ2n) is 3.46. The Hall–Kier alpha value is -1.57. The average molecular weight is 186 g/mol. The smallest absolute Gasteiger partial charge is 0.0929 e. The maximum Gasteiger partial charge on any atom is 0.0929 e. The van der Waals surface area contributed by atoms with Crippen LogP contribution in [-0.4, -0.2) is 9.78 Å². The number of allylic oxidation sites excluding steroid dienone is 1. The predicted molar refractivity (Wildman–Crippen MR) is 60.1 cm³/mol. The molecule has 0 unspecified atom stereocenters. The molecule has 0 bridgehead atoms. The molecule has 2 aromatic rings. The fraction of sp³-hybridized carbons (Fsp3) is 0.250. The highest BCUT2D eigenvalue weighted by atomic mass is 15.3. The number of fused-ring (bicyclic) bond motifs is 1. The van der Waals surface area contributed by atoms with Crippen LogP contribution in [0.3, 0.4) is 0 Å². The van der Waals surface area contributed by atoms with Gasteiger partial charge in [0.15, 0.2) is 0 Å². The number of nitrogens with zero attached hydrogens (tertiary/aromatic N) is 2. The molecule has 0 aliphatic heterocycles. The first-order chi connectivity index (χ1) is 6.74. The van der Waals surface area contributed by atoms with Gasteiger partial charge in [0.25, 0.3) is 0 Å². The van der Waals surface area contributed by atoms with Gasteiger partial charge < -0.3 is 0 Å². The van der Waals surface area contributed by atoms with Crippen LogP contribution in [0.1, 0.15) is 19.5 Å². The molecule has 0 amide bonds. The third-order valence-corrected chi connectivity index (χ3v) is 2.35. The maximum atomic E-state index is 4.51. The quantitative estimate of drug-likeness (QED) is 0.704. The van der Waals surface area contributed by atoms with Crippen molar-refractivity contribution in [1.82, 2.24) is 9.78 Å². The molecular formula is C12H14N2. The molecule has 0 radical (unpaired) electrons. The third kappa shape index (κ3) is 1.23. The SMILES string of the molecule is C=C(C)c1c2ccccc2nn1CC. The van der Waals surface area contributed by atoms with Crippen molar-refractivity contribution in [3.63, 3.8) is 0 Å². The van der Waals surface area contributed by atoms with Crippen molar-refractivity contribution in [2.24, 2.45) is 0 Å². The van der Waals surface area contributed by atoms with Gasteiger partial charge in [0.05, 0.1) is 11.2 Å². The molecule has 2 heteroatoms. The van der Waals surface area contributed by atoms with E-state index in [1.807, 2.05) is 29.8 Å². The fourth-order valence-electron chi connectivity index (χ4n) is 1.76. The topological polar surface area (TPSA) is 17.8 Å². The largest absolute Gasteiger partial charge is 0.264 e. The van der Waals surface area contributed by atoms with E-state index >= 15 is 0 Å². The summed E-state index contributed by atoms with van der Waals surface area (Å²) >= 11 is 0. The van der Waals surface area contributed by atoms with E-state index in [1.165, 1.54) is 5.39 Å². The number of aromatic nitrogens is 2. The van der Waals surface area contributed by atoms with E-state index in [0.717, 1.165) is 23.3 Å². The molecule has 0 aliphatic rings. The van der Waals surface area contributed by atoms with E-state index in [1.54, 1.807) is 0 Å². The van der Waals surface area contributed by atoms with Gasteiger partial charge in [0, 0.05) is 11.9 Å². The van der Waals surface area contributed by atoms with Crippen LogP contribution in [0.5, 0.6) is 0 Å². The zero-order valence-corrected chi connectivity index (χ0v) is 8.62. The molecular weight excluding hydrogens is 172 g/mol. The normalized spacial score (nSPS) is 10.7. The fourth-order valence-corrected chi connectivity index (χ4v) is 1.76. The molecule has 0 saturated heterocycles. The Morgan fingerprint density at radius 3 is 2.79 bits per heavy atom. The van der Waals surface area contributed by atoms with E-state index < -0.39 is 0 Å². The van der Waals surface area contributed by atoms with Crippen molar-refractivity contribution in [2.75, 3.05) is 0 Å². The van der Waals surface area contributed by atoms with Gasteiger partial charge in [-0.25, -0.2) is 0 Å². The van der Waals surface area contributed by atoms with Gasteiger partial charge in [-0.05, 0) is 25.5 Å². The van der Waals surface area contributed by atoms with E-state index in [0.29, 0.717) is 0 Å². The highest BCUT2D eigenvalue weighted by molar-refractivity contribution is 5.89. The van der Waals surface area contributed by atoms with Crippen molar-refractivity contribution in [3.05, 3.63) is 36.5 Å².